The quantitative estimate of drug-likeness (QED) is 0.851. The summed E-state index contributed by atoms with van der Waals surface area (Å²) in [7, 11) is 0. The molecule has 0 atom stereocenters. The van der Waals surface area contributed by atoms with Crippen LogP contribution in [0.1, 0.15) is 31.9 Å². The van der Waals surface area contributed by atoms with Gasteiger partial charge in [0.2, 0.25) is 0 Å². The third kappa shape index (κ3) is 4.14. The second-order valence-electron chi connectivity index (χ2n) is 6.85. The number of hydrogen-bond donors (Lipinski definition) is 1. The molecule has 22 heavy (non-hydrogen) atoms. The minimum Gasteiger partial charge on any atom is -0.399 e. The second-order valence-corrected chi connectivity index (χ2v) is 6.85. The summed E-state index contributed by atoms with van der Waals surface area (Å²) in [6.07, 6.45) is -4.36. The summed E-state index contributed by atoms with van der Waals surface area (Å²) in [5, 5.41) is 0. The van der Waals surface area contributed by atoms with Gasteiger partial charge in [-0.25, -0.2) is 0 Å². The van der Waals surface area contributed by atoms with Crippen molar-refractivity contribution < 1.29 is 13.2 Å². The largest absolute Gasteiger partial charge is 0.416 e. The average Bonchev–Trinajstić information content (AvgIpc) is 2.39. The van der Waals surface area contributed by atoms with E-state index in [1.165, 1.54) is 12.1 Å². The van der Waals surface area contributed by atoms with E-state index in [9.17, 15) is 13.2 Å². The molecule has 1 saturated heterocycles. The third-order valence-electron chi connectivity index (χ3n) is 4.15. The predicted molar refractivity (Wildman–Crippen MR) is 82.5 cm³/mol. The molecule has 1 aromatic carbocycles. The van der Waals surface area contributed by atoms with Gasteiger partial charge in [-0.1, -0.05) is 6.07 Å². The highest BCUT2D eigenvalue weighted by Gasteiger charge is 2.34. The Hall–Kier alpha value is -1.27. The number of alkyl halides is 3. The molecule has 0 saturated carbocycles. The van der Waals surface area contributed by atoms with Crippen molar-refractivity contribution in [2.45, 2.75) is 39.0 Å². The Labute approximate surface area is 129 Å². The molecular weight excluding hydrogens is 291 g/mol. The van der Waals surface area contributed by atoms with Crippen molar-refractivity contribution >= 4 is 5.69 Å². The first-order chi connectivity index (χ1) is 10.1. The minimum absolute atomic E-state index is 0.102. The van der Waals surface area contributed by atoms with Crippen molar-refractivity contribution in [2.24, 2.45) is 0 Å². The van der Waals surface area contributed by atoms with E-state index in [2.05, 4.69) is 30.6 Å². The molecule has 0 unspecified atom stereocenters. The smallest absolute Gasteiger partial charge is 0.399 e. The lowest BCUT2D eigenvalue weighted by molar-refractivity contribution is -0.138. The molecule has 0 spiro atoms. The lowest BCUT2D eigenvalue weighted by Crippen LogP contribution is -2.53. The van der Waals surface area contributed by atoms with E-state index >= 15 is 0 Å². The van der Waals surface area contributed by atoms with Crippen molar-refractivity contribution in [3.05, 3.63) is 29.3 Å². The average molecular weight is 315 g/mol. The Bertz CT molecular complexity index is 512. The van der Waals surface area contributed by atoms with Gasteiger partial charge in [-0.3, -0.25) is 9.80 Å². The maximum absolute atomic E-state index is 13.1. The second kappa shape index (κ2) is 6.08. The summed E-state index contributed by atoms with van der Waals surface area (Å²) in [6, 6.07) is 4.06. The monoisotopic (exact) mass is 315 g/mol. The summed E-state index contributed by atoms with van der Waals surface area (Å²) in [4.78, 5) is 4.43. The number of hydrogen-bond acceptors (Lipinski definition) is 3. The van der Waals surface area contributed by atoms with Crippen LogP contribution in [-0.2, 0) is 12.7 Å². The Morgan fingerprint density at radius 3 is 2.14 bits per heavy atom. The predicted octanol–water partition coefficient (Wildman–Crippen LogP) is 3.20. The summed E-state index contributed by atoms with van der Waals surface area (Å²) in [6.45, 7) is 10.1. The first kappa shape index (κ1) is 17.1. The number of benzene rings is 1. The molecule has 1 aliphatic rings. The number of halogens is 3. The van der Waals surface area contributed by atoms with E-state index in [1.807, 2.05) is 0 Å². The number of rotatable bonds is 2. The zero-order valence-corrected chi connectivity index (χ0v) is 13.4. The van der Waals surface area contributed by atoms with Crippen LogP contribution in [0, 0.1) is 0 Å². The molecule has 6 heteroatoms. The molecule has 1 aliphatic heterocycles. The van der Waals surface area contributed by atoms with Gasteiger partial charge in [0.05, 0.1) is 5.56 Å². The molecule has 0 radical (unpaired) electrons. The Kier molecular flexibility index (Phi) is 4.73. The van der Waals surface area contributed by atoms with Crippen molar-refractivity contribution in [3.8, 4) is 0 Å². The lowest BCUT2D eigenvalue weighted by Gasteiger charge is -2.42. The van der Waals surface area contributed by atoms with Crippen LogP contribution in [0.5, 0.6) is 0 Å². The Balaban J connectivity index is 2.07. The molecule has 2 rings (SSSR count). The van der Waals surface area contributed by atoms with E-state index in [1.54, 1.807) is 0 Å². The van der Waals surface area contributed by atoms with Crippen molar-refractivity contribution in [1.29, 1.82) is 0 Å². The van der Waals surface area contributed by atoms with Crippen LogP contribution in [0.15, 0.2) is 18.2 Å². The van der Waals surface area contributed by atoms with E-state index in [-0.39, 0.29) is 11.2 Å². The lowest BCUT2D eigenvalue weighted by atomic mass is 10.0. The number of nitrogens with zero attached hydrogens (tertiary/aromatic N) is 2. The molecule has 0 aromatic heterocycles. The van der Waals surface area contributed by atoms with Gasteiger partial charge in [-0.05, 0) is 38.5 Å². The molecule has 1 fully saturated rings. The number of piperazine rings is 1. The van der Waals surface area contributed by atoms with Crippen LogP contribution in [0.25, 0.3) is 0 Å². The van der Waals surface area contributed by atoms with Crippen LogP contribution < -0.4 is 5.73 Å². The molecule has 1 heterocycles. The zero-order valence-electron chi connectivity index (χ0n) is 13.4. The molecule has 124 valence electrons. The normalized spacial score (nSPS) is 18.6. The number of anilines is 1. The maximum atomic E-state index is 13.1. The van der Waals surface area contributed by atoms with Gasteiger partial charge in [0.15, 0.2) is 0 Å². The summed E-state index contributed by atoms with van der Waals surface area (Å²) in [5.41, 5.74) is 5.43. The van der Waals surface area contributed by atoms with Gasteiger partial charge in [-0.15, -0.1) is 0 Å². The van der Waals surface area contributed by atoms with Crippen LogP contribution in [-0.4, -0.2) is 41.5 Å². The van der Waals surface area contributed by atoms with Crippen LogP contribution >= 0.6 is 0 Å². The summed E-state index contributed by atoms with van der Waals surface area (Å²) in [5.74, 6) is 0. The van der Waals surface area contributed by atoms with Gasteiger partial charge < -0.3 is 5.73 Å². The van der Waals surface area contributed by atoms with E-state index in [0.717, 1.165) is 32.2 Å². The fourth-order valence-electron chi connectivity index (χ4n) is 2.81. The molecule has 0 bridgehead atoms. The molecule has 3 nitrogen and oxygen atoms in total. The van der Waals surface area contributed by atoms with Crippen molar-refractivity contribution in [2.75, 3.05) is 31.9 Å². The Morgan fingerprint density at radius 2 is 1.64 bits per heavy atom. The highest BCUT2D eigenvalue weighted by molar-refractivity contribution is 5.46. The maximum Gasteiger partial charge on any atom is 0.416 e. The van der Waals surface area contributed by atoms with Gasteiger partial charge in [-0.2, -0.15) is 13.2 Å². The summed E-state index contributed by atoms with van der Waals surface area (Å²) >= 11 is 0. The number of nitrogen functional groups attached to an aromatic ring is 1. The number of nitrogens with two attached hydrogens (primary N) is 1. The van der Waals surface area contributed by atoms with E-state index < -0.39 is 11.7 Å². The Morgan fingerprint density at radius 1 is 1.05 bits per heavy atom. The van der Waals surface area contributed by atoms with Crippen LogP contribution in [0.3, 0.4) is 0 Å². The van der Waals surface area contributed by atoms with E-state index in [0.29, 0.717) is 12.1 Å². The van der Waals surface area contributed by atoms with Crippen molar-refractivity contribution in [1.82, 2.24) is 9.80 Å². The van der Waals surface area contributed by atoms with E-state index in [4.69, 9.17) is 5.73 Å². The van der Waals surface area contributed by atoms with Gasteiger partial charge >= 0.3 is 6.18 Å². The van der Waals surface area contributed by atoms with Gasteiger partial charge in [0.1, 0.15) is 0 Å². The SMILES string of the molecule is CC(C)(C)N1CCN(Cc2ccc(N)cc2C(F)(F)F)CC1. The highest BCUT2D eigenvalue weighted by atomic mass is 19.4. The van der Waals surface area contributed by atoms with Gasteiger partial charge in [0.25, 0.3) is 0 Å². The molecule has 0 aliphatic carbocycles. The molecule has 1 aromatic rings. The third-order valence-corrected chi connectivity index (χ3v) is 4.15. The van der Waals surface area contributed by atoms with Gasteiger partial charge in [0, 0.05) is 44.0 Å². The van der Waals surface area contributed by atoms with Crippen molar-refractivity contribution in [3.63, 3.8) is 0 Å². The topological polar surface area (TPSA) is 32.5 Å². The minimum atomic E-state index is -4.36. The first-order valence-corrected chi connectivity index (χ1v) is 7.50. The van der Waals surface area contributed by atoms with Crippen LogP contribution in [0.4, 0.5) is 18.9 Å². The molecular formula is C16H24F3N3. The molecule has 2 N–H and O–H groups in total. The highest BCUT2D eigenvalue weighted by Crippen LogP contribution is 2.34. The van der Waals surface area contributed by atoms with Crippen LogP contribution in [0.2, 0.25) is 0 Å². The zero-order chi connectivity index (χ0) is 16.5. The molecule has 0 amide bonds. The fraction of sp³-hybridized carbons (Fsp3) is 0.625. The summed E-state index contributed by atoms with van der Waals surface area (Å²) < 4.78 is 39.4. The fourth-order valence-corrected chi connectivity index (χ4v) is 2.81. The first-order valence-electron chi connectivity index (χ1n) is 7.50. The standard InChI is InChI=1S/C16H24F3N3/c1-15(2,3)22-8-6-21(7-9-22)11-12-4-5-13(20)10-14(12)16(17,18)19/h4-5,10H,6-9,11,20H2,1-3H3.